The lowest BCUT2D eigenvalue weighted by molar-refractivity contribution is 0.767. The van der Waals surface area contributed by atoms with Gasteiger partial charge in [-0.25, -0.2) is 4.98 Å². The van der Waals surface area contributed by atoms with Gasteiger partial charge in [-0.2, -0.15) is 4.37 Å². The monoisotopic (exact) mass is 247 g/mol. The molecule has 3 nitrogen and oxygen atoms in total. The minimum absolute atomic E-state index is 0.398. The van der Waals surface area contributed by atoms with Crippen LogP contribution in [-0.4, -0.2) is 28.3 Å². The molecule has 0 saturated carbocycles. The number of nitrogens with zero attached hydrogens (tertiary/aromatic N) is 3. The van der Waals surface area contributed by atoms with Gasteiger partial charge in [-0.3, -0.25) is 0 Å². The van der Waals surface area contributed by atoms with Gasteiger partial charge in [0.05, 0.1) is 0 Å². The van der Waals surface area contributed by atoms with Gasteiger partial charge in [0, 0.05) is 36.4 Å². The van der Waals surface area contributed by atoms with Crippen LogP contribution >= 0.6 is 23.1 Å². The molecule has 0 saturated heterocycles. The second-order valence-electron chi connectivity index (χ2n) is 3.77. The Bertz CT molecular complexity index is 282. The zero-order chi connectivity index (χ0) is 11.3. The second-order valence-corrected chi connectivity index (χ2v) is 4.87. The fourth-order valence-electron chi connectivity index (χ4n) is 1.26. The van der Waals surface area contributed by atoms with E-state index in [0.29, 0.717) is 11.8 Å². The lowest BCUT2D eigenvalue weighted by atomic mass is 10.2. The van der Waals surface area contributed by atoms with Gasteiger partial charge in [0.1, 0.15) is 5.82 Å². The quantitative estimate of drug-likeness (QED) is 0.724. The Morgan fingerprint density at radius 1 is 1.40 bits per heavy atom. The standard InChI is InChI=1S/C10H18ClN3S/c1-4-6-14(7-5-11)10-12-9(8(2)3)13-15-10/h8H,4-7H2,1-3H3. The molecule has 0 radical (unpaired) electrons. The Labute approximate surface area is 101 Å². The Balaban J connectivity index is 2.72. The first-order valence-corrected chi connectivity index (χ1v) is 6.64. The molecule has 5 heteroatoms. The van der Waals surface area contributed by atoms with Gasteiger partial charge in [-0.05, 0) is 6.42 Å². The van der Waals surface area contributed by atoms with Crippen LogP contribution in [0.2, 0.25) is 0 Å². The molecule has 0 aliphatic rings. The molecule has 0 fully saturated rings. The lowest BCUT2D eigenvalue weighted by Gasteiger charge is -2.18. The van der Waals surface area contributed by atoms with E-state index in [0.717, 1.165) is 30.5 Å². The summed E-state index contributed by atoms with van der Waals surface area (Å²) in [6.07, 6.45) is 1.10. The van der Waals surface area contributed by atoms with Crippen LogP contribution in [0.15, 0.2) is 0 Å². The van der Waals surface area contributed by atoms with E-state index in [9.17, 15) is 0 Å². The minimum Gasteiger partial charge on any atom is -0.346 e. The van der Waals surface area contributed by atoms with Crippen molar-refractivity contribution < 1.29 is 0 Å². The molecule has 1 heterocycles. The van der Waals surface area contributed by atoms with E-state index in [-0.39, 0.29) is 0 Å². The van der Waals surface area contributed by atoms with Crippen LogP contribution in [0.3, 0.4) is 0 Å². The summed E-state index contributed by atoms with van der Waals surface area (Å²) in [7, 11) is 0. The van der Waals surface area contributed by atoms with Crippen molar-refractivity contribution in [3.63, 3.8) is 0 Å². The molecule has 0 N–H and O–H groups in total. The molecule has 1 aromatic rings. The smallest absolute Gasteiger partial charge is 0.205 e. The highest BCUT2D eigenvalue weighted by Gasteiger charge is 2.12. The van der Waals surface area contributed by atoms with E-state index in [2.05, 4.69) is 35.0 Å². The van der Waals surface area contributed by atoms with Gasteiger partial charge < -0.3 is 4.90 Å². The fraction of sp³-hybridized carbons (Fsp3) is 0.800. The molecule has 0 atom stereocenters. The van der Waals surface area contributed by atoms with Crippen molar-refractivity contribution in [1.29, 1.82) is 0 Å². The number of alkyl halides is 1. The topological polar surface area (TPSA) is 29.0 Å². The van der Waals surface area contributed by atoms with Gasteiger partial charge in [-0.1, -0.05) is 20.8 Å². The van der Waals surface area contributed by atoms with Crippen LogP contribution < -0.4 is 4.90 Å². The zero-order valence-electron chi connectivity index (χ0n) is 9.53. The molecule has 0 aromatic carbocycles. The Morgan fingerprint density at radius 2 is 2.13 bits per heavy atom. The Hall–Kier alpha value is -0.350. The number of aromatic nitrogens is 2. The Kier molecular flexibility index (Phi) is 5.32. The normalized spacial score (nSPS) is 11.0. The van der Waals surface area contributed by atoms with Crippen LogP contribution in [0.1, 0.15) is 38.9 Å². The molecular formula is C10H18ClN3S. The lowest BCUT2D eigenvalue weighted by Crippen LogP contribution is -2.26. The summed E-state index contributed by atoms with van der Waals surface area (Å²) in [6.45, 7) is 8.22. The predicted octanol–water partition coefficient (Wildman–Crippen LogP) is 3.12. The van der Waals surface area contributed by atoms with Crippen molar-refractivity contribution >= 4 is 28.3 Å². The first kappa shape index (κ1) is 12.7. The third-order valence-corrected chi connectivity index (χ3v) is 3.03. The number of rotatable bonds is 6. The van der Waals surface area contributed by atoms with Crippen LogP contribution in [0.5, 0.6) is 0 Å². The summed E-state index contributed by atoms with van der Waals surface area (Å²) >= 11 is 7.24. The summed E-state index contributed by atoms with van der Waals surface area (Å²) in [5.74, 6) is 1.97. The number of anilines is 1. The summed E-state index contributed by atoms with van der Waals surface area (Å²) in [5.41, 5.74) is 0. The van der Waals surface area contributed by atoms with Gasteiger partial charge >= 0.3 is 0 Å². The van der Waals surface area contributed by atoms with Crippen molar-refractivity contribution in [3.05, 3.63) is 5.82 Å². The summed E-state index contributed by atoms with van der Waals surface area (Å²) < 4.78 is 4.35. The molecule has 1 rings (SSSR count). The van der Waals surface area contributed by atoms with Gasteiger partial charge in [-0.15, -0.1) is 11.6 Å². The molecule has 1 aromatic heterocycles. The van der Waals surface area contributed by atoms with Crippen molar-refractivity contribution in [3.8, 4) is 0 Å². The van der Waals surface area contributed by atoms with Gasteiger partial charge in [0.2, 0.25) is 5.13 Å². The average molecular weight is 248 g/mol. The molecule has 0 bridgehead atoms. The summed E-state index contributed by atoms with van der Waals surface area (Å²) in [5, 5.41) is 1.00. The summed E-state index contributed by atoms with van der Waals surface area (Å²) in [6, 6.07) is 0. The van der Waals surface area contributed by atoms with E-state index in [1.54, 1.807) is 0 Å². The first-order chi connectivity index (χ1) is 7.19. The van der Waals surface area contributed by atoms with Crippen LogP contribution in [0.25, 0.3) is 0 Å². The average Bonchev–Trinajstić information content (AvgIpc) is 2.66. The highest BCUT2D eigenvalue weighted by molar-refractivity contribution is 7.09. The second kappa shape index (κ2) is 6.28. The maximum Gasteiger partial charge on any atom is 0.205 e. The number of hydrogen-bond acceptors (Lipinski definition) is 4. The van der Waals surface area contributed by atoms with Crippen LogP contribution in [0.4, 0.5) is 5.13 Å². The van der Waals surface area contributed by atoms with E-state index in [1.807, 2.05) is 0 Å². The molecular weight excluding hydrogens is 230 g/mol. The molecule has 0 unspecified atom stereocenters. The van der Waals surface area contributed by atoms with Gasteiger partial charge in [0.15, 0.2) is 0 Å². The van der Waals surface area contributed by atoms with Crippen LogP contribution in [0, 0.1) is 0 Å². The third kappa shape index (κ3) is 3.61. The highest BCUT2D eigenvalue weighted by atomic mass is 35.5. The predicted molar refractivity (Wildman–Crippen MR) is 67.2 cm³/mol. The fourth-order valence-corrected chi connectivity index (χ4v) is 2.33. The molecule has 15 heavy (non-hydrogen) atoms. The van der Waals surface area contributed by atoms with Crippen molar-refractivity contribution in [2.45, 2.75) is 33.1 Å². The van der Waals surface area contributed by atoms with Crippen LogP contribution in [-0.2, 0) is 0 Å². The minimum atomic E-state index is 0.398. The molecule has 0 spiro atoms. The summed E-state index contributed by atoms with van der Waals surface area (Å²) in [4.78, 5) is 6.73. The maximum absolute atomic E-state index is 5.77. The highest BCUT2D eigenvalue weighted by Crippen LogP contribution is 2.21. The molecule has 86 valence electrons. The number of hydrogen-bond donors (Lipinski definition) is 0. The maximum atomic E-state index is 5.77. The first-order valence-electron chi connectivity index (χ1n) is 5.33. The van der Waals surface area contributed by atoms with Crippen molar-refractivity contribution in [2.24, 2.45) is 0 Å². The molecule has 0 aliphatic heterocycles. The molecule has 0 amide bonds. The number of halogens is 1. The largest absolute Gasteiger partial charge is 0.346 e. The van der Waals surface area contributed by atoms with E-state index in [1.165, 1.54) is 11.5 Å². The molecule has 0 aliphatic carbocycles. The SMILES string of the molecule is CCCN(CCCl)c1nc(C(C)C)ns1. The van der Waals surface area contributed by atoms with E-state index in [4.69, 9.17) is 11.6 Å². The van der Waals surface area contributed by atoms with Gasteiger partial charge in [0.25, 0.3) is 0 Å². The van der Waals surface area contributed by atoms with E-state index < -0.39 is 0 Å². The van der Waals surface area contributed by atoms with Crippen molar-refractivity contribution in [1.82, 2.24) is 9.36 Å². The third-order valence-electron chi connectivity index (χ3n) is 2.07. The Morgan fingerprint density at radius 3 is 2.60 bits per heavy atom. The van der Waals surface area contributed by atoms with Crippen molar-refractivity contribution in [2.75, 3.05) is 23.9 Å². The zero-order valence-corrected chi connectivity index (χ0v) is 11.1. The van der Waals surface area contributed by atoms with E-state index >= 15 is 0 Å².